The Labute approximate surface area is 102 Å². The molecule has 4 heteroatoms. The van der Waals surface area contributed by atoms with Gasteiger partial charge in [0.25, 0.3) is 0 Å². The molecule has 2 aromatic rings. The van der Waals surface area contributed by atoms with Gasteiger partial charge >= 0.3 is 0 Å². The number of halogens is 1. The van der Waals surface area contributed by atoms with Gasteiger partial charge in [0.05, 0.1) is 11.3 Å². The van der Waals surface area contributed by atoms with Gasteiger partial charge in [-0.1, -0.05) is 18.2 Å². The number of nitrogens with zero attached hydrogens (tertiary/aromatic N) is 1. The molecule has 2 N–H and O–H groups in total. The summed E-state index contributed by atoms with van der Waals surface area (Å²) in [5.74, 6) is -0.422. The number of thiophene rings is 1. The maximum atomic E-state index is 13.6. The van der Waals surface area contributed by atoms with Crippen molar-refractivity contribution < 1.29 is 4.39 Å². The highest BCUT2D eigenvalue weighted by atomic mass is 32.1. The zero-order valence-corrected chi connectivity index (χ0v) is 9.67. The maximum Gasteiger partial charge on any atom is 0.132 e. The average molecular weight is 244 g/mol. The van der Waals surface area contributed by atoms with Crippen molar-refractivity contribution in [2.24, 2.45) is 5.73 Å². The third-order valence-corrected chi connectivity index (χ3v) is 3.20. The molecule has 1 aromatic heterocycles. The zero-order valence-electron chi connectivity index (χ0n) is 8.85. The van der Waals surface area contributed by atoms with Crippen LogP contribution in [0.4, 0.5) is 4.39 Å². The van der Waals surface area contributed by atoms with Crippen LogP contribution in [0, 0.1) is 17.1 Å². The van der Waals surface area contributed by atoms with E-state index in [-0.39, 0.29) is 11.3 Å². The van der Waals surface area contributed by atoms with E-state index in [1.165, 1.54) is 17.4 Å². The number of nitriles is 1. The van der Waals surface area contributed by atoms with Crippen LogP contribution in [0.15, 0.2) is 41.8 Å². The van der Waals surface area contributed by atoms with E-state index >= 15 is 0 Å². The normalized spacial score (nSPS) is 11.8. The van der Waals surface area contributed by atoms with Crippen LogP contribution < -0.4 is 5.73 Å². The molecule has 0 amide bonds. The van der Waals surface area contributed by atoms with Crippen molar-refractivity contribution in [1.29, 1.82) is 5.26 Å². The van der Waals surface area contributed by atoms with E-state index in [1.54, 1.807) is 24.3 Å². The minimum atomic E-state index is -0.422. The lowest BCUT2D eigenvalue weighted by atomic mass is 10.1. The van der Waals surface area contributed by atoms with Gasteiger partial charge in [0.2, 0.25) is 0 Å². The Hall–Kier alpha value is -2.12. The van der Waals surface area contributed by atoms with Gasteiger partial charge in [-0.2, -0.15) is 5.26 Å². The third-order valence-electron chi connectivity index (χ3n) is 2.31. The van der Waals surface area contributed by atoms with Crippen LogP contribution in [0.3, 0.4) is 0 Å². The quantitative estimate of drug-likeness (QED) is 0.824. The van der Waals surface area contributed by atoms with E-state index in [0.29, 0.717) is 5.57 Å². The number of nitrogens with two attached hydrogens (primary N) is 1. The van der Waals surface area contributed by atoms with Gasteiger partial charge in [-0.3, -0.25) is 0 Å². The molecule has 0 aliphatic carbocycles. The summed E-state index contributed by atoms with van der Waals surface area (Å²) >= 11 is 1.40. The van der Waals surface area contributed by atoms with Crippen molar-refractivity contribution in [1.82, 2.24) is 0 Å². The Kier molecular flexibility index (Phi) is 3.22. The molecule has 0 aliphatic heterocycles. The van der Waals surface area contributed by atoms with Crippen LogP contribution in [-0.4, -0.2) is 0 Å². The summed E-state index contributed by atoms with van der Waals surface area (Å²) in [4.78, 5) is 0.744. The van der Waals surface area contributed by atoms with Crippen LogP contribution in [0.5, 0.6) is 0 Å². The summed E-state index contributed by atoms with van der Waals surface area (Å²) in [6.07, 6.45) is 0. The van der Waals surface area contributed by atoms with Crippen LogP contribution in [0.2, 0.25) is 0 Å². The van der Waals surface area contributed by atoms with Gasteiger partial charge in [0.1, 0.15) is 11.9 Å². The Bertz CT molecular complexity index is 594. The van der Waals surface area contributed by atoms with Crippen LogP contribution in [-0.2, 0) is 0 Å². The van der Waals surface area contributed by atoms with Crippen molar-refractivity contribution in [3.8, 4) is 6.07 Å². The molecule has 2 rings (SSSR count). The summed E-state index contributed by atoms with van der Waals surface area (Å²) in [7, 11) is 0. The van der Waals surface area contributed by atoms with Crippen LogP contribution in [0.25, 0.3) is 11.3 Å². The lowest BCUT2D eigenvalue weighted by molar-refractivity contribution is 0.624. The van der Waals surface area contributed by atoms with Crippen molar-refractivity contribution in [3.63, 3.8) is 0 Å². The Morgan fingerprint density at radius 1 is 1.24 bits per heavy atom. The lowest BCUT2D eigenvalue weighted by Crippen LogP contribution is -2.02. The fourth-order valence-corrected chi connectivity index (χ4v) is 2.22. The first kappa shape index (κ1) is 11.4. The fraction of sp³-hybridized carbons (Fsp3) is 0. The van der Waals surface area contributed by atoms with E-state index in [0.717, 1.165) is 4.88 Å². The van der Waals surface area contributed by atoms with Crippen molar-refractivity contribution in [2.45, 2.75) is 0 Å². The molecule has 17 heavy (non-hydrogen) atoms. The highest BCUT2D eigenvalue weighted by molar-refractivity contribution is 7.11. The molecule has 2 nitrogen and oxygen atoms in total. The molecule has 1 heterocycles. The summed E-state index contributed by atoms with van der Waals surface area (Å²) in [5.41, 5.74) is 6.61. The van der Waals surface area contributed by atoms with Gasteiger partial charge in [-0.15, -0.1) is 11.3 Å². The molecule has 0 aliphatic rings. The van der Waals surface area contributed by atoms with E-state index in [9.17, 15) is 4.39 Å². The number of hydrogen-bond acceptors (Lipinski definition) is 3. The van der Waals surface area contributed by atoms with Crippen LogP contribution >= 0.6 is 11.3 Å². The van der Waals surface area contributed by atoms with Gasteiger partial charge in [-0.05, 0) is 23.6 Å². The predicted molar refractivity (Wildman–Crippen MR) is 67.3 cm³/mol. The molecule has 0 fully saturated rings. The summed E-state index contributed by atoms with van der Waals surface area (Å²) in [6, 6.07) is 11.8. The molecule has 0 atom stereocenters. The Morgan fingerprint density at radius 3 is 2.59 bits per heavy atom. The molecule has 0 saturated carbocycles. The number of hydrogen-bond donors (Lipinski definition) is 1. The minimum absolute atomic E-state index is 0.174. The van der Waals surface area contributed by atoms with E-state index in [4.69, 9.17) is 11.0 Å². The Morgan fingerprint density at radius 2 is 2.00 bits per heavy atom. The molecule has 0 bridgehead atoms. The predicted octanol–water partition coefficient (Wildman–Crippen LogP) is 3.24. The molecular weight excluding hydrogens is 235 g/mol. The second-order valence-electron chi connectivity index (χ2n) is 3.36. The van der Waals surface area contributed by atoms with Gasteiger partial charge in [-0.25, -0.2) is 4.39 Å². The second kappa shape index (κ2) is 4.81. The van der Waals surface area contributed by atoms with Crippen molar-refractivity contribution >= 4 is 22.6 Å². The van der Waals surface area contributed by atoms with Gasteiger partial charge < -0.3 is 5.73 Å². The number of benzene rings is 1. The monoisotopic (exact) mass is 244 g/mol. The van der Waals surface area contributed by atoms with Crippen molar-refractivity contribution in [2.75, 3.05) is 0 Å². The standard InChI is InChI=1S/C13H9FN2S/c14-11-5-2-1-4-9(11)13(16)10(8-15)12-6-3-7-17-12/h1-7H,16H2/b13-10-. The second-order valence-corrected chi connectivity index (χ2v) is 4.31. The molecule has 1 aromatic carbocycles. The molecule has 0 saturated heterocycles. The lowest BCUT2D eigenvalue weighted by Gasteiger charge is -2.05. The molecule has 84 valence electrons. The first-order chi connectivity index (χ1) is 8.24. The van der Waals surface area contributed by atoms with Gasteiger partial charge in [0, 0.05) is 10.4 Å². The largest absolute Gasteiger partial charge is 0.397 e. The average Bonchev–Trinajstić information content (AvgIpc) is 2.84. The first-order valence-corrected chi connectivity index (χ1v) is 5.80. The molecule has 0 unspecified atom stereocenters. The highest BCUT2D eigenvalue weighted by Crippen LogP contribution is 2.26. The fourth-order valence-electron chi connectivity index (χ4n) is 1.48. The Balaban J connectivity index is 2.58. The molecule has 0 spiro atoms. The van der Waals surface area contributed by atoms with Crippen LogP contribution in [0.1, 0.15) is 10.4 Å². The summed E-state index contributed by atoms with van der Waals surface area (Å²) in [5, 5.41) is 11.0. The zero-order chi connectivity index (χ0) is 12.3. The highest BCUT2D eigenvalue weighted by Gasteiger charge is 2.12. The molecule has 0 radical (unpaired) electrons. The molecular formula is C13H9FN2S. The van der Waals surface area contributed by atoms with E-state index < -0.39 is 5.82 Å². The summed E-state index contributed by atoms with van der Waals surface area (Å²) < 4.78 is 13.6. The minimum Gasteiger partial charge on any atom is -0.397 e. The summed E-state index contributed by atoms with van der Waals surface area (Å²) in [6.45, 7) is 0. The third kappa shape index (κ3) is 2.19. The maximum absolute atomic E-state index is 13.6. The number of rotatable bonds is 2. The smallest absolute Gasteiger partial charge is 0.132 e. The first-order valence-electron chi connectivity index (χ1n) is 4.92. The topological polar surface area (TPSA) is 49.8 Å². The van der Waals surface area contributed by atoms with E-state index in [2.05, 4.69) is 0 Å². The van der Waals surface area contributed by atoms with Gasteiger partial charge in [0.15, 0.2) is 0 Å². The van der Waals surface area contributed by atoms with E-state index in [1.807, 2.05) is 17.5 Å². The number of allylic oxidation sites excluding steroid dienone is 1. The van der Waals surface area contributed by atoms with Crippen molar-refractivity contribution in [3.05, 3.63) is 58.0 Å². The SMILES string of the molecule is N#C/C(=C(/N)c1ccccc1F)c1cccs1.